The maximum absolute atomic E-state index is 8.61. The average Bonchev–Trinajstić information content (AvgIpc) is 2.38. The zero-order chi connectivity index (χ0) is 12.5. The summed E-state index contributed by atoms with van der Waals surface area (Å²) in [4.78, 5) is 4.02. The van der Waals surface area contributed by atoms with E-state index in [9.17, 15) is 0 Å². The standard InChI is InChI=1S/C11H17N3O3/c1-2-6-16-7-8-17-11-9(10(12)14-15)4-3-5-13-11/h3-5,15H,2,6-8H2,1H3,(H2,12,14). The predicted molar refractivity (Wildman–Crippen MR) is 63.4 cm³/mol. The van der Waals surface area contributed by atoms with Gasteiger partial charge in [0.05, 0.1) is 12.2 Å². The Morgan fingerprint density at radius 1 is 1.47 bits per heavy atom. The van der Waals surface area contributed by atoms with E-state index < -0.39 is 0 Å². The molecule has 0 aliphatic heterocycles. The summed E-state index contributed by atoms with van der Waals surface area (Å²) in [5.74, 6) is 0.311. The molecule has 0 saturated heterocycles. The molecule has 1 aromatic rings. The highest BCUT2D eigenvalue weighted by molar-refractivity contribution is 5.98. The molecule has 0 radical (unpaired) electrons. The third-order valence-electron chi connectivity index (χ3n) is 1.97. The Kier molecular flexibility index (Phi) is 5.81. The molecule has 17 heavy (non-hydrogen) atoms. The lowest BCUT2D eigenvalue weighted by atomic mass is 10.2. The Bertz CT molecular complexity index is 369. The van der Waals surface area contributed by atoms with Gasteiger partial charge >= 0.3 is 0 Å². The van der Waals surface area contributed by atoms with Crippen LogP contribution < -0.4 is 10.5 Å². The molecule has 0 spiro atoms. The summed E-state index contributed by atoms with van der Waals surface area (Å²) in [6, 6.07) is 3.36. The van der Waals surface area contributed by atoms with Crippen LogP contribution in [0.4, 0.5) is 0 Å². The fourth-order valence-corrected chi connectivity index (χ4v) is 1.20. The first kappa shape index (κ1) is 13.2. The first-order valence-corrected chi connectivity index (χ1v) is 5.43. The first-order valence-electron chi connectivity index (χ1n) is 5.43. The number of nitrogens with zero attached hydrogens (tertiary/aromatic N) is 2. The second-order valence-electron chi connectivity index (χ2n) is 3.30. The van der Waals surface area contributed by atoms with Gasteiger partial charge in [-0.1, -0.05) is 12.1 Å². The summed E-state index contributed by atoms with van der Waals surface area (Å²) in [6.45, 7) is 3.61. The lowest BCUT2D eigenvalue weighted by molar-refractivity contribution is 0.0989. The number of aromatic nitrogens is 1. The van der Waals surface area contributed by atoms with Gasteiger partial charge in [-0.3, -0.25) is 0 Å². The zero-order valence-electron chi connectivity index (χ0n) is 9.80. The molecule has 0 aliphatic rings. The van der Waals surface area contributed by atoms with Crippen LogP contribution in [0.2, 0.25) is 0 Å². The maximum atomic E-state index is 8.61. The summed E-state index contributed by atoms with van der Waals surface area (Å²) < 4.78 is 10.7. The van der Waals surface area contributed by atoms with Crippen LogP contribution in [0.15, 0.2) is 23.5 Å². The van der Waals surface area contributed by atoms with Crippen molar-refractivity contribution in [2.45, 2.75) is 13.3 Å². The molecule has 0 aliphatic carbocycles. The van der Waals surface area contributed by atoms with Gasteiger partial charge in [-0.2, -0.15) is 0 Å². The van der Waals surface area contributed by atoms with Crippen molar-refractivity contribution < 1.29 is 14.7 Å². The number of hydrogen-bond acceptors (Lipinski definition) is 5. The zero-order valence-corrected chi connectivity index (χ0v) is 9.80. The summed E-state index contributed by atoms with van der Waals surface area (Å²) in [5.41, 5.74) is 5.96. The van der Waals surface area contributed by atoms with Crippen LogP contribution in [-0.2, 0) is 4.74 Å². The Hall–Kier alpha value is -1.82. The highest BCUT2D eigenvalue weighted by atomic mass is 16.5. The van der Waals surface area contributed by atoms with Crippen LogP contribution in [0, 0.1) is 0 Å². The average molecular weight is 239 g/mol. The minimum absolute atomic E-state index is 0.0254. The van der Waals surface area contributed by atoms with E-state index in [2.05, 4.69) is 10.1 Å². The molecule has 3 N–H and O–H groups in total. The van der Waals surface area contributed by atoms with E-state index in [1.165, 1.54) is 0 Å². The molecule has 94 valence electrons. The Balaban J connectivity index is 2.53. The number of pyridine rings is 1. The van der Waals surface area contributed by atoms with Crippen molar-refractivity contribution in [3.8, 4) is 5.88 Å². The van der Waals surface area contributed by atoms with Crippen LogP contribution in [0.25, 0.3) is 0 Å². The number of hydrogen-bond donors (Lipinski definition) is 2. The molecular weight excluding hydrogens is 222 g/mol. The van der Waals surface area contributed by atoms with E-state index >= 15 is 0 Å². The molecule has 0 saturated carbocycles. The Morgan fingerprint density at radius 3 is 3.00 bits per heavy atom. The van der Waals surface area contributed by atoms with Crippen LogP contribution in [0.5, 0.6) is 5.88 Å². The Morgan fingerprint density at radius 2 is 2.29 bits per heavy atom. The quantitative estimate of drug-likeness (QED) is 0.243. The van der Waals surface area contributed by atoms with Gasteiger partial charge in [0.15, 0.2) is 5.84 Å². The fraction of sp³-hybridized carbons (Fsp3) is 0.455. The molecule has 0 fully saturated rings. The summed E-state index contributed by atoms with van der Waals surface area (Å²) in [5, 5.41) is 11.5. The number of oxime groups is 1. The molecular formula is C11H17N3O3. The monoisotopic (exact) mass is 239 g/mol. The topological polar surface area (TPSA) is 90.0 Å². The smallest absolute Gasteiger partial charge is 0.224 e. The van der Waals surface area contributed by atoms with Crippen LogP contribution in [0.3, 0.4) is 0 Å². The molecule has 1 heterocycles. The molecule has 1 aromatic heterocycles. The van der Waals surface area contributed by atoms with Crippen molar-refractivity contribution >= 4 is 5.84 Å². The van der Waals surface area contributed by atoms with Crippen LogP contribution in [-0.4, -0.2) is 35.8 Å². The van der Waals surface area contributed by atoms with Crippen molar-refractivity contribution in [1.82, 2.24) is 4.98 Å². The SMILES string of the molecule is CCCOCCOc1ncccc1C(N)=NO. The molecule has 0 amide bonds. The van der Waals surface area contributed by atoms with Gasteiger partial charge in [-0.05, 0) is 18.6 Å². The van der Waals surface area contributed by atoms with Crippen molar-refractivity contribution in [2.75, 3.05) is 19.8 Å². The summed E-state index contributed by atoms with van der Waals surface area (Å²) in [6.07, 6.45) is 2.55. The van der Waals surface area contributed by atoms with Gasteiger partial charge in [0.2, 0.25) is 5.88 Å². The third kappa shape index (κ3) is 4.28. The molecule has 0 bridgehead atoms. The fourth-order valence-electron chi connectivity index (χ4n) is 1.20. The first-order chi connectivity index (χ1) is 8.29. The van der Waals surface area contributed by atoms with E-state index in [0.717, 1.165) is 6.42 Å². The van der Waals surface area contributed by atoms with Gasteiger partial charge < -0.3 is 20.4 Å². The van der Waals surface area contributed by atoms with E-state index in [1.54, 1.807) is 18.3 Å². The number of ether oxygens (including phenoxy) is 2. The summed E-state index contributed by atoms with van der Waals surface area (Å²) in [7, 11) is 0. The molecule has 1 rings (SSSR count). The lowest BCUT2D eigenvalue weighted by Crippen LogP contribution is -2.17. The van der Waals surface area contributed by atoms with Gasteiger partial charge in [-0.25, -0.2) is 4.98 Å². The van der Waals surface area contributed by atoms with E-state index in [1.807, 2.05) is 6.92 Å². The van der Waals surface area contributed by atoms with Crippen molar-refractivity contribution in [2.24, 2.45) is 10.9 Å². The number of rotatable bonds is 7. The van der Waals surface area contributed by atoms with Gasteiger partial charge in [-0.15, -0.1) is 0 Å². The highest BCUT2D eigenvalue weighted by Gasteiger charge is 2.08. The predicted octanol–water partition coefficient (Wildman–Crippen LogP) is 0.982. The second-order valence-corrected chi connectivity index (χ2v) is 3.30. The highest BCUT2D eigenvalue weighted by Crippen LogP contribution is 2.13. The van der Waals surface area contributed by atoms with E-state index in [0.29, 0.717) is 31.3 Å². The molecule has 0 unspecified atom stereocenters. The minimum Gasteiger partial charge on any atom is -0.475 e. The van der Waals surface area contributed by atoms with Gasteiger partial charge in [0, 0.05) is 12.8 Å². The third-order valence-corrected chi connectivity index (χ3v) is 1.97. The minimum atomic E-state index is -0.0254. The molecule has 0 atom stereocenters. The lowest BCUT2D eigenvalue weighted by Gasteiger charge is -2.09. The van der Waals surface area contributed by atoms with Gasteiger partial charge in [0.25, 0.3) is 0 Å². The molecule has 0 aromatic carbocycles. The second kappa shape index (κ2) is 7.45. The van der Waals surface area contributed by atoms with E-state index in [-0.39, 0.29) is 5.84 Å². The number of amidine groups is 1. The van der Waals surface area contributed by atoms with Crippen LogP contribution >= 0.6 is 0 Å². The molecule has 6 heteroatoms. The largest absolute Gasteiger partial charge is 0.475 e. The summed E-state index contributed by atoms with van der Waals surface area (Å²) >= 11 is 0. The van der Waals surface area contributed by atoms with Gasteiger partial charge in [0.1, 0.15) is 6.61 Å². The normalized spacial score (nSPS) is 11.5. The van der Waals surface area contributed by atoms with E-state index in [4.69, 9.17) is 20.4 Å². The molecule has 6 nitrogen and oxygen atoms in total. The Labute approximate surface area is 100 Å². The van der Waals surface area contributed by atoms with Crippen molar-refractivity contribution in [3.63, 3.8) is 0 Å². The maximum Gasteiger partial charge on any atom is 0.224 e. The van der Waals surface area contributed by atoms with Crippen molar-refractivity contribution in [3.05, 3.63) is 23.9 Å². The number of nitrogens with two attached hydrogens (primary N) is 1. The van der Waals surface area contributed by atoms with Crippen molar-refractivity contribution in [1.29, 1.82) is 0 Å². The van der Waals surface area contributed by atoms with Crippen LogP contribution in [0.1, 0.15) is 18.9 Å².